The maximum absolute atomic E-state index is 13.7. The first-order valence-electron chi connectivity index (χ1n) is 4.24. The van der Waals surface area contributed by atoms with E-state index in [2.05, 4.69) is 4.98 Å². The number of rotatable bonds is 1. The van der Waals surface area contributed by atoms with E-state index < -0.39 is 5.82 Å². The molecule has 15 heavy (non-hydrogen) atoms. The average Bonchev–Trinajstić information content (AvgIpc) is 2.26. The number of aromatic nitrogens is 1. The third kappa shape index (κ3) is 1.96. The average molecular weight is 242 g/mol. The van der Waals surface area contributed by atoms with Gasteiger partial charge < -0.3 is 0 Å². The van der Waals surface area contributed by atoms with Gasteiger partial charge in [0.1, 0.15) is 0 Å². The SMILES string of the molecule is Fc1c(Cl)ccc(Cl)c1-c1cccnc1. The van der Waals surface area contributed by atoms with Crippen LogP contribution in [0.15, 0.2) is 36.7 Å². The Kier molecular flexibility index (Phi) is 2.89. The van der Waals surface area contributed by atoms with Crippen LogP contribution in [-0.4, -0.2) is 4.98 Å². The Morgan fingerprint density at radius 1 is 1.07 bits per heavy atom. The molecule has 0 aliphatic heterocycles. The molecule has 2 rings (SSSR count). The number of halogens is 3. The van der Waals surface area contributed by atoms with Crippen LogP contribution < -0.4 is 0 Å². The molecule has 1 aromatic carbocycles. The molecule has 4 heteroatoms. The molecule has 1 heterocycles. The molecule has 1 aromatic heterocycles. The molecule has 0 N–H and O–H groups in total. The summed E-state index contributed by atoms with van der Waals surface area (Å²) in [6.45, 7) is 0. The fourth-order valence-electron chi connectivity index (χ4n) is 1.30. The van der Waals surface area contributed by atoms with E-state index in [-0.39, 0.29) is 10.6 Å². The summed E-state index contributed by atoms with van der Waals surface area (Å²) in [5.74, 6) is -0.517. The topological polar surface area (TPSA) is 12.9 Å². The minimum Gasteiger partial charge on any atom is -0.264 e. The number of hydrogen-bond donors (Lipinski definition) is 0. The molecule has 0 unspecified atom stereocenters. The van der Waals surface area contributed by atoms with E-state index in [4.69, 9.17) is 23.2 Å². The van der Waals surface area contributed by atoms with Crippen LogP contribution in [0.2, 0.25) is 10.0 Å². The molecule has 76 valence electrons. The zero-order valence-electron chi connectivity index (χ0n) is 7.55. The normalized spacial score (nSPS) is 10.3. The van der Waals surface area contributed by atoms with E-state index in [0.29, 0.717) is 10.6 Å². The maximum Gasteiger partial charge on any atom is 0.151 e. The van der Waals surface area contributed by atoms with Gasteiger partial charge in [0.25, 0.3) is 0 Å². The van der Waals surface area contributed by atoms with E-state index in [1.807, 2.05) is 0 Å². The molecule has 1 nitrogen and oxygen atoms in total. The highest BCUT2D eigenvalue weighted by Crippen LogP contribution is 2.33. The van der Waals surface area contributed by atoms with Crippen molar-refractivity contribution in [3.05, 3.63) is 52.5 Å². The Labute approximate surface area is 96.5 Å². The molecule has 0 spiro atoms. The van der Waals surface area contributed by atoms with Gasteiger partial charge in [0.05, 0.1) is 10.0 Å². The molecule has 0 fully saturated rings. The van der Waals surface area contributed by atoms with E-state index >= 15 is 0 Å². The number of hydrogen-bond acceptors (Lipinski definition) is 1. The summed E-state index contributed by atoms with van der Waals surface area (Å²) >= 11 is 11.6. The van der Waals surface area contributed by atoms with Gasteiger partial charge in [-0.1, -0.05) is 29.3 Å². The summed E-state index contributed by atoms with van der Waals surface area (Å²) in [5.41, 5.74) is 0.903. The largest absolute Gasteiger partial charge is 0.264 e. The molecule has 0 bridgehead atoms. The zero-order valence-corrected chi connectivity index (χ0v) is 9.06. The van der Waals surface area contributed by atoms with Crippen LogP contribution in [0.4, 0.5) is 4.39 Å². The van der Waals surface area contributed by atoms with E-state index in [0.717, 1.165) is 0 Å². The van der Waals surface area contributed by atoms with Crippen LogP contribution in [0.1, 0.15) is 0 Å². The molecule has 0 radical (unpaired) electrons. The van der Waals surface area contributed by atoms with Crippen molar-refractivity contribution < 1.29 is 4.39 Å². The van der Waals surface area contributed by atoms with Crippen LogP contribution in [0, 0.1) is 5.82 Å². The zero-order chi connectivity index (χ0) is 10.8. The summed E-state index contributed by atoms with van der Waals surface area (Å²) in [4.78, 5) is 3.90. The second-order valence-corrected chi connectivity index (χ2v) is 3.77. The van der Waals surface area contributed by atoms with Gasteiger partial charge in [0.2, 0.25) is 0 Å². The van der Waals surface area contributed by atoms with Gasteiger partial charge in [-0.05, 0) is 18.2 Å². The molecule has 0 aliphatic rings. The summed E-state index contributed by atoms with van der Waals surface area (Å²) in [6, 6.07) is 6.44. The Morgan fingerprint density at radius 2 is 1.80 bits per heavy atom. The van der Waals surface area contributed by atoms with E-state index in [1.54, 1.807) is 30.6 Å². The first kappa shape index (κ1) is 10.4. The maximum atomic E-state index is 13.7. The number of pyridine rings is 1. The first-order valence-corrected chi connectivity index (χ1v) is 4.99. The Bertz CT molecular complexity index is 485. The van der Waals surface area contributed by atoms with Crippen LogP contribution in [-0.2, 0) is 0 Å². The lowest BCUT2D eigenvalue weighted by atomic mass is 10.1. The Balaban J connectivity index is 2.68. The van der Waals surface area contributed by atoms with Crippen molar-refractivity contribution in [3.8, 4) is 11.1 Å². The van der Waals surface area contributed by atoms with Crippen LogP contribution >= 0.6 is 23.2 Å². The molecular formula is C11H6Cl2FN. The molecule has 2 aromatic rings. The molecule has 0 atom stereocenters. The monoisotopic (exact) mass is 241 g/mol. The summed E-state index contributed by atoms with van der Waals surface area (Å²) in [6.07, 6.45) is 3.15. The third-order valence-corrected chi connectivity index (χ3v) is 2.60. The van der Waals surface area contributed by atoms with Gasteiger partial charge in [0, 0.05) is 23.5 Å². The summed E-state index contributed by atoms with van der Waals surface area (Å²) < 4.78 is 13.7. The van der Waals surface area contributed by atoms with Crippen LogP contribution in [0.5, 0.6) is 0 Å². The Hall–Kier alpha value is -1.12. The number of nitrogens with zero attached hydrogens (tertiary/aromatic N) is 1. The highest BCUT2D eigenvalue weighted by Gasteiger charge is 2.12. The molecule has 0 amide bonds. The molecule has 0 saturated carbocycles. The van der Waals surface area contributed by atoms with Crippen molar-refractivity contribution >= 4 is 23.2 Å². The quantitative estimate of drug-likeness (QED) is 0.683. The second-order valence-electron chi connectivity index (χ2n) is 2.96. The molecule has 0 aliphatic carbocycles. The van der Waals surface area contributed by atoms with E-state index in [9.17, 15) is 4.39 Å². The van der Waals surface area contributed by atoms with Gasteiger partial charge in [-0.3, -0.25) is 4.98 Å². The van der Waals surface area contributed by atoms with Gasteiger partial charge in [-0.2, -0.15) is 0 Å². The number of benzene rings is 1. The van der Waals surface area contributed by atoms with Crippen molar-refractivity contribution in [2.75, 3.05) is 0 Å². The van der Waals surface area contributed by atoms with Crippen molar-refractivity contribution in [1.29, 1.82) is 0 Å². The third-order valence-electron chi connectivity index (χ3n) is 1.99. The summed E-state index contributed by atoms with van der Waals surface area (Å²) in [5, 5.41) is 0.378. The minimum absolute atomic E-state index is 0.0539. The molecule has 0 saturated heterocycles. The minimum atomic E-state index is -0.517. The lowest BCUT2D eigenvalue weighted by Gasteiger charge is -2.06. The predicted molar refractivity (Wildman–Crippen MR) is 59.7 cm³/mol. The standard InChI is InChI=1S/C11H6Cl2FN/c12-8-3-4-9(13)11(14)10(8)7-2-1-5-15-6-7/h1-6H. The smallest absolute Gasteiger partial charge is 0.151 e. The van der Waals surface area contributed by atoms with Crippen molar-refractivity contribution in [1.82, 2.24) is 4.98 Å². The lowest BCUT2D eigenvalue weighted by Crippen LogP contribution is -1.87. The summed E-state index contributed by atoms with van der Waals surface area (Å²) in [7, 11) is 0. The van der Waals surface area contributed by atoms with Gasteiger partial charge in [-0.25, -0.2) is 4.39 Å². The van der Waals surface area contributed by atoms with Gasteiger partial charge in [0.15, 0.2) is 5.82 Å². The van der Waals surface area contributed by atoms with Crippen molar-refractivity contribution in [2.24, 2.45) is 0 Å². The van der Waals surface area contributed by atoms with Crippen LogP contribution in [0.3, 0.4) is 0 Å². The first-order chi connectivity index (χ1) is 7.20. The van der Waals surface area contributed by atoms with E-state index in [1.165, 1.54) is 6.07 Å². The fraction of sp³-hybridized carbons (Fsp3) is 0. The van der Waals surface area contributed by atoms with Crippen molar-refractivity contribution in [3.63, 3.8) is 0 Å². The van der Waals surface area contributed by atoms with Crippen LogP contribution in [0.25, 0.3) is 11.1 Å². The molecular weight excluding hydrogens is 236 g/mol. The van der Waals surface area contributed by atoms with Gasteiger partial charge >= 0.3 is 0 Å². The Morgan fingerprint density at radius 3 is 2.47 bits per heavy atom. The van der Waals surface area contributed by atoms with Gasteiger partial charge in [-0.15, -0.1) is 0 Å². The fourth-order valence-corrected chi connectivity index (χ4v) is 1.71. The highest BCUT2D eigenvalue weighted by atomic mass is 35.5. The van der Waals surface area contributed by atoms with Crippen molar-refractivity contribution in [2.45, 2.75) is 0 Å². The lowest BCUT2D eigenvalue weighted by molar-refractivity contribution is 0.632. The second kappa shape index (κ2) is 4.17. The predicted octanol–water partition coefficient (Wildman–Crippen LogP) is 4.19. The highest BCUT2D eigenvalue weighted by molar-refractivity contribution is 6.35.